The fraction of sp³-hybridized carbons (Fsp3) is 0.125. The summed E-state index contributed by atoms with van der Waals surface area (Å²) in [5, 5.41) is 3.24. The average Bonchev–Trinajstić information content (AvgIpc) is 3.01. The number of nitrogens with zero attached hydrogens (tertiary/aromatic N) is 1. The molecule has 28 heavy (non-hydrogen) atoms. The summed E-state index contributed by atoms with van der Waals surface area (Å²) in [5.41, 5.74) is 5.31. The van der Waals surface area contributed by atoms with Gasteiger partial charge in [0.2, 0.25) is 0 Å². The third kappa shape index (κ3) is 3.54. The van der Waals surface area contributed by atoms with E-state index in [1.54, 1.807) is 17.0 Å². The second-order valence-corrected chi connectivity index (χ2v) is 7.08. The summed E-state index contributed by atoms with van der Waals surface area (Å²) in [5.74, 6) is -0.407. The summed E-state index contributed by atoms with van der Waals surface area (Å²) < 4.78 is 13.4. The molecule has 140 valence electrons. The predicted molar refractivity (Wildman–Crippen MR) is 111 cm³/mol. The quantitative estimate of drug-likeness (QED) is 0.653. The van der Waals surface area contributed by atoms with Crippen LogP contribution in [0.15, 0.2) is 84.6 Å². The van der Waals surface area contributed by atoms with Crippen LogP contribution in [-0.4, -0.2) is 5.91 Å². The molecule has 0 bridgehead atoms. The van der Waals surface area contributed by atoms with Gasteiger partial charge in [0.05, 0.1) is 6.04 Å². The van der Waals surface area contributed by atoms with E-state index in [1.807, 2.05) is 68.5 Å². The molecule has 4 rings (SSSR count). The zero-order valence-electron chi connectivity index (χ0n) is 15.8. The van der Waals surface area contributed by atoms with Gasteiger partial charge in [-0.25, -0.2) is 4.39 Å². The zero-order valence-corrected chi connectivity index (χ0v) is 15.8. The first kappa shape index (κ1) is 18.0. The normalized spacial score (nSPS) is 16.2. The zero-order chi connectivity index (χ0) is 19.7. The molecule has 0 fully saturated rings. The standard InChI is InChI=1S/C24H21FN2O/c1-16-3-11-20(12-4-16)26-22-15-23(18-7-9-19(25)10-8-18)27(24(22)28)21-13-5-17(2)6-14-21/h3-15,23,26H,1-2H3. The molecule has 1 atom stereocenters. The minimum atomic E-state index is -0.302. The topological polar surface area (TPSA) is 32.3 Å². The molecule has 1 aliphatic heterocycles. The summed E-state index contributed by atoms with van der Waals surface area (Å²) in [6.07, 6.45) is 1.90. The van der Waals surface area contributed by atoms with E-state index in [4.69, 9.17) is 0 Å². The van der Waals surface area contributed by atoms with Crippen LogP contribution in [0, 0.1) is 19.7 Å². The van der Waals surface area contributed by atoms with Gasteiger partial charge in [-0.1, -0.05) is 47.5 Å². The van der Waals surface area contributed by atoms with Crippen molar-refractivity contribution in [2.45, 2.75) is 19.9 Å². The SMILES string of the molecule is Cc1ccc(NC2=CC(c3ccc(F)cc3)N(c3ccc(C)cc3)C2=O)cc1. The summed E-state index contributed by atoms with van der Waals surface area (Å²) in [6.45, 7) is 4.03. The van der Waals surface area contributed by atoms with E-state index in [0.717, 1.165) is 28.1 Å². The van der Waals surface area contributed by atoms with E-state index in [1.165, 1.54) is 12.1 Å². The fourth-order valence-electron chi connectivity index (χ4n) is 3.34. The molecule has 1 unspecified atom stereocenters. The number of benzene rings is 3. The number of aryl methyl sites for hydroxylation is 2. The third-order valence-electron chi connectivity index (χ3n) is 4.91. The summed E-state index contributed by atoms with van der Waals surface area (Å²) in [6, 6.07) is 21.7. The van der Waals surface area contributed by atoms with Crippen LogP contribution in [0.4, 0.5) is 15.8 Å². The highest BCUT2D eigenvalue weighted by atomic mass is 19.1. The van der Waals surface area contributed by atoms with Gasteiger partial charge >= 0.3 is 0 Å². The summed E-state index contributed by atoms with van der Waals surface area (Å²) in [4.78, 5) is 15.0. The first-order valence-corrected chi connectivity index (χ1v) is 9.22. The van der Waals surface area contributed by atoms with Crippen molar-refractivity contribution in [1.29, 1.82) is 0 Å². The number of anilines is 2. The van der Waals surface area contributed by atoms with Crippen molar-refractivity contribution < 1.29 is 9.18 Å². The molecule has 0 aromatic heterocycles. The molecule has 3 nitrogen and oxygen atoms in total. The van der Waals surface area contributed by atoms with Gasteiger partial charge in [-0.2, -0.15) is 0 Å². The molecule has 3 aromatic carbocycles. The minimum absolute atomic E-state index is 0.112. The molecular formula is C24H21FN2O. The molecular weight excluding hydrogens is 351 g/mol. The van der Waals surface area contributed by atoms with Crippen LogP contribution in [-0.2, 0) is 4.79 Å². The van der Waals surface area contributed by atoms with E-state index in [2.05, 4.69) is 5.32 Å². The Morgan fingerprint density at radius 2 is 1.39 bits per heavy atom. The van der Waals surface area contributed by atoms with Crippen molar-refractivity contribution in [1.82, 2.24) is 0 Å². The third-order valence-corrected chi connectivity index (χ3v) is 4.91. The Hall–Kier alpha value is -3.40. The van der Waals surface area contributed by atoms with Gasteiger partial charge in [0.1, 0.15) is 11.5 Å². The van der Waals surface area contributed by atoms with Crippen molar-refractivity contribution in [2.24, 2.45) is 0 Å². The fourth-order valence-corrected chi connectivity index (χ4v) is 3.34. The van der Waals surface area contributed by atoms with Gasteiger partial charge in [0, 0.05) is 11.4 Å². The van der Waals surface area contributed by atoms with Crippen LogP contribution in [0.25, 0.3) is 0 Å². The van der Waals surface area contributed by atoms with Gasteiger partial charge in [-0.05, 0) is 61.9 Å². The van der Waals surface area contributed by atoms with E-state index in [-0.39, 0.29) is 17.8 Å². The smallest absolute Gasteiger partial charge is 0.275 e. The molecule has 4 heteroatoms. The monoisotopic (exact) mass is 372 g/mol. The maximum Gasteiger partial charge on any atom is 0.275 e. The molecule has 1 amide bonds. The van der Waals surface area contributed by atoms with E-state index < -0.39 is 0 Å². The lowest BCUT2D eigenvalue weighted by molar-refractivity contribution is -0.114. The first-order valence-electron chi connectivity index (χ1n) is 9.22. The van der Waals surface area contributed by atoms with Crippen LogP contribution >= 0.6 is 0 Å². The lowest BCUT2D eigenvalue weighted by atomic mass is 10.1. The highest BCUT2D eigenvalue weighted by Gasteiger charge is 2.34. The average molecular weight is 372 g/mol. The lowest BCUT2D eigenvalue weighted by Gasteiger charge is -2.25. The maximum atomic E-state index is 13.4. The van der Waals surface area contributed by atoms with Crippen LogP contribution in [0.3, 0.4) is 0 Å². The van der Waals surface area contributed by atoms with Crippen LogP contribution in [0.2, 0.25) is 0 Å². The molecule has 3 aromatic rings. The Morgan fingerprint density at radius 3 is 2.00 bits per heavy atom. The lowest BCUT2D eigenvalue weighted by Crippen LogP contribution is -2.30. The maximum absolute atomic E-state index is 13.4. The van der Waals surface area contributed by atoms with Crippen molar-refractivity contribution in [3.63, 3.8) is 0 Å². The largest absolute Gasteiger partial charge is 0.351 e. The number of hydrogen-bond donors (Lipinski definition) is 1. The molecule has 0 spiro atoms. The Labute approximate surface area is 164 Å². The molecule has 0 radical (unpaired) electrons. The highest BCUT2D eigenvalue weighted by molar-refractivity contribution is 6.11. The second kappa shape index (κ2) is 7.31. The number of rotatable bonds is 4. The van der Waals surface area contributed by atoms with Crippen molar-refractivity contribution in [3.8, 4) is 0 Å². The molecule has 0 saturated heterocycles. The van der Waals surface area contributed by atoms with Gasteiger partial charge in [0.25, 0.3) is 5.91 Å². The number of carbonyl (C=O) groups excluding carboxylic acids is 1. The van der Waals surface area contributed by atoms with Crippen LogP contribution in [0.1, 0.15) is 22.7 Å². The number of nitrogens with one attached hydrogen (secondary N) is 1. The van der Waals surface area contributed by atoms with Crippen LogP contribution in [0.5, 0.6) is 0 Å². The summed E-state index contributed by atoms with van der Waals surface area (Å²) in [7, 11) is 0. The Bertz CT molecular complexity index is 1020. The van der Waals surface area contributed by atoms with Crippen molar-refractivity contribution >= 4 is 17.3 Å². The Balaban J connectivity index is 1.72. The Kier molecular flexibility index (Phi) is 4.70. The Morgan fingerprint density at radius 1 is 0.821 bits per heavy atom. The molecule has 1 heterocycles. The number of amides is 1. The minimum Gasteiger partial charge on any atom is -0.351 e. The predicted octanol–water partition coefficient (Wildman–Crippen LogP) is 5.53. The number of hydrogen-bond acceptors (Lipinski definition) is 2. The van der Waals surface area contributed by atoms with Gasteiger partial charge < -0.3 is 5.32 Å². The van der Waals surface area contributed by atoms with Gasteiger partial charge in [0.15, 0.2) is 0 Å². The summed E-state index contributed by atoms with van der Waals surface area (Å²) >= 11 is 0. The molecule has 1 N–H and O–H groups in total. The second-order valence-electron chi connectivity index (χ2n) is 7.08. The van der Waals surface area contributed by atoms with Crippen LogP contribution < -0.4 is 10.2 Å². The highest BCUT2D eigenvalue weighted by Crippen LogP contribution is 2.36. The number of carbonyl (C=O) groups is 1. The van der Waals surface area contributed by atoms with Gasteiger partial charge in [-0.3, -0.25) is 9.69 Å². The number of halogens is 1. The van der Waals surface area contributed by atoms with E-state index in [0.29, 0.717) is 5.70 Å². The molecule has 1 aliphatic rings. The van der Waals surface area contributed by atoms with Crippen molar-refractivity contribution in [3.05, 3.63) is 107 Å². The first-order chi connectivity index (χ1) is 13.5. The van der Waals surface area contributed by atoms with E-state index in [9.17, 15) is 9.18 Å². The van der Waals surface area contributed by atoms with Crippen molar-refractivity contribution in [2.75, 3.05) is 10.2 Å². The molecule has 0 saturated carbocycles. The van der Waals surface area contributed by atoms with E-state index >= 15 is 0 Å². The van der Waals surface area contributed by atoms with Gasteiger partial charge in [-0.15, -0.1) is 0 Å². The molecule has 0 aliphatic carbocycles.